The lowest BCUT2D eigenvalue weighted by Crippen LogP contribution is -2.42. The number of hydrogen-bond acceptors (Lipinski definition) is 3. The van der Waals surface area contributed by atoms with Crippen molar-refractivity contribution in [2.45, 2.75) is 13.3 Å². The number of rotatable bonds is 1. The average molecular weight is 177 g/mol. The molecule has 68 valence electrons. The topological polar surface area (TPSA) is 46.1 Å². The van der Waals surface area contributed by atoms with Gasteiger partial charge in [-0.2, -0.15) is 0 Å². The van der Waals surface area contributed by atoms with Gasteiger partial charge in [0, 0.05) is 25.5 Å². The van der Waals surface area contributed by atoms with Crippen LogP contribution in [-0.2, 0) is 0 Å². The number of aryl methyl sites for hydroxylation is 1. The van der Waals surface area contributed by atoms with Gasteiger partial charge in [0.1, 0.15) is 0 Å². The quantitative estimate of drug-likeness (QED) is 0.632. The molecule has 0 unspecified atom stereocenters. The molecule has 0 aliphatic carbocycles. The van der Waals surface area contributed by atoms with Crippen LogP contribution in [0.4, 0.5) is 0 Å². The summed E-state index contributed by atoms with van der Waals surface area (Å²) in [6.07, 6.45) is 4.43. The molecule has 4 nitrogen and oxygen atoms in total. The van der Waals surface area contributed by atoms with E-state index in [0.29, 0.717) is 5.82 Å². The fourth-order valence-electron chi connectivity index (χ4n) is 1.16. The molecule has 1 aromatic rings. The minimum Gasteiger partial charge on any atom is -0.336 e. The monoisotopic (exact) mass is 177 g/mol. The minimum absolute atomic E-state index is 0.0498. The maximum Gasteiger partial charge on any atom is 0.291 e. The lowest BCUT2D eigenvalue weighted by Gasteiger charge is -2.29. The van der Waals surface area contributed by atoms with Gasteiger partial charge in [0.05, 0.1) is 0 Å². The summed E-state index contributed by atoms with van der Waals surface area (Å²) < 4.78 is 0. The molecule has 2 heterocycles. The van der Waals surface area contributed by atoms with E-state index in [2.05, 4.69) is 9.97 Å². The van der Waals surface area contributed by atoms with Gasteiger partial charge in [-0.05, 0) is 18.9 Å². The summed E-state index contributed by atoms with van der Waals surface area (Å²) in [6, 6.07) is 0. The summed E-state index contributed by atoms with van der Waals surface area (Å²) in [5.74, 6) is 0.261. The number of nitrogens with zero attached hydrogens (tertiary/aromatic N) is 3. The highest BCUT2D eigenvalue weighted by atomic mass is 16.2. The standard InChI is InChI=1S/C9H11N3O/c1-7-5-10-8(11-6-7)9(13)12-3-2-4-12/h5-6H,2-4H2,1H3. The summed E-state index contributed by atoms with van der Waals surface area (Å²) in [5, 5.41) is 0. The van der Waals surface area contributed by atoms with Crippen LogP contribution in [0.25, 0.3) is 0 Å². The van der Waals surface area contributed by atoms with Gasteiger partial charge >= 0.3 is 0 Å². The Morgan fingerprint density at radius 2 is 2.00 bits per heavy atom. The van der Waals surface area contributed by atoms with Gasteiger partial charge in [-0.15, -0.1) is 0 Å². The first-order valence-corrected chi connectivity index (χ1v) is 4.35. The zero-order chi connectivity index (χ0) is 9.26. The Bertz CT molecular complexity index is 316. The van der Waals surface area contributed by atoms with Gasteiger partial charge in [-0.25, -0.2) is 9.97 Å². The van der Waals surface area contributed by atoms with Crippen LogP contribution >= 0.6 is 0 Å². The Morgan fingerprint density at radius 3 is 2.46 bits per heavy atom. The highest BCUT2D eigenvalue weighted by Gasteiger charge is 2.23. The van der Waals surface area contributed by atoms with Crippen molar-refractivity contribution >= 4 is 5.91 Å². The molecule has 2 rings (SSSR count). The van der Waals surface area contributed by atoms with Crippen molar-refractivity contribution in [2.75, 3.05) is 13.1 Å². The predicted octanol–water partition coefficient (Wildman–Crippen LogP) is 0.631. The molecule has 4 heteroatoms. The Hall–Kier alpha value is -1.45. The van der Waals surface area contributed by atoms with Gasteiger partial charge in [0.25, 0.3) is 5.91 Å². The second-order valence-corrected chi connectivity index (χ2v) is 3.23. The van der Waals surface area contributed by atoms with Crippen LogP contribution in [0.15, 0.2) is 12.4 Å². The van der Waals surface area contributed by atoms with E-state index < -0.39 is 0 Å². The maximum atomic E-state index is 11.5. The second kappa shape index (κ2) is 3.12. The van der Waals surface area contributed by atoms with Crippen LogP contribution in [-0.4, -0.2) is 33.9 Å². The van der Waals surface area contributed by atoms with E-state index in [9.17, 15) is 4.79 Å². The molecule has 0 bridgehead atoms. The second-order valence-electron chi connectivity index (χ2n) is 3.23. The molecule has 1 aromatic heterocycles. The zero-order valence-electron chi connectivity index (χ0n) is 7.53. The van der Waals surface area contributed by atoms with Crippen molar-refractivity contribution in [3.05, 3.63) is 23.8 Å². The number of aromatic nitrogens is 2. The predicted molar refractivity (Wildman–Crippen MR) is 47.3 cm³/mol. The highest BCUT2D eigenvalue weighted by molar-refractivity contribution is 5.90. The first-order valence-electron chi connectivity index (χ1n) is 4.35. The molecule has 1 fully saturated rings. The Labute approximate surface area is 76.6 Å². The van der Waals surface area contributed by atoms with Crippen molar-refractivity contribution in [1.82, 2.24) is 14.9 Å². The molecule has 0 N–H and O–H groups in total. The fourth-order valence-corrected chi connectivity index (χ4v) is 1.16. The number of carbonyl (C=O) groups is 1. The first-order chi connectivity index (χ1) is 6.27. The molecule has 1 amide bonds. The Kier molecular flexibility index (Phi) is 1.96. The number of carbonyl (C=O) groups excluding carboxylic acids is 1. The Morgan fingerprint density at radius 1 is 1.38 bits per heavy atom. The molecule has 0 radical (unpaired) electrons. The summed E-state index contributed by atoms with van der Waals surface area (Å²) in [6.45, 7) is 3.59. The largest absolute Gasteiger partial charge is 0.336 e. The van der Waals surface area contributed by atoms with E-state index in [1.165, 1.54) is 0 Å². The van der Waals surface area contributed by atoms with Crippen molar-refractivity contribution in [3.8, 4) is 0 Å². The highest BCUT2D eigenvalue weighted by Crippen LogP contribution is 2.09. The SMILES string of the molecule is Cc1cnc(C(=O)N2CCC2)nc1. The third-order valence-corrected chi connectivity index (χ3v) is 2.12. The van der Waals surface area contributed by atoms with Crippen LogP contribution < -0.4 is 0 Å². The van der Waals surface area contributed by atoms with Crippen molar-refractivity contribution < 1.29 is 4.79 Å². The molecule has 0 spiro atoms. The molecular weight excluding hydrogens is 166 g/mol. The number of amides is 1. The molecule has 0 aromatic carbocycles. The van der Waals surface area contributed by atoms with Gasteiger partial charge in [0.2, 0.25) is 5.82 Å². The van der Waals surface area contributed by atoms with E-state index >= 15 is 0 Å². The van der Waals surface area contributed by atoms with Crippen LogP contribution in [0, 0.1) is 6.92 Å². The normalized spacial score (nSPS) is 15.3. The number of likely N-dealkylation sites (tertiary alicyclic amines) is 1. The smallest absolute Gasteiger partial charge is 0.291 e. The lowest BCUT2D eigenvalue weighted by molar-refractivity contribution is 0.0639. The van der Waals surface area contributed by atoms with Gasteiger partial charge in [0.15, 0.2) is 0 Å². The van der Waals surface area contributed by atoms with Crippen LogP contribution in [0.1, 0.15) is 22.6 Å². The van der Waals surface area contributed by atoms with Crippen molar-refractivity contribution in [2.24, 2.45) is 0 Å². The molecule has 0 atom stereocenters. The van der Waals surface area contributed by atoms with Gasteiger partial charge < -0.3 is 4.90 Å². The van der Waals surface area contributed by atoms with Crippen LogP contribution in [0.5, 0.6) is 0 Å². The summed E-state index contributed by atoms with van der Waals surface area (Å²) in [5.41, 5.74) is 0.972. The summed E-state index contributed by atoms with van der Waals surface area (Å²) in [4.78, 5) is 21.3. The molecule has 0 saturated carbocycles. The molecule has 1 aliphatic heterocycles. The molecule has 1 saturated heterocycles. The molecule has 13 heavy (non-hydrogen) atoms. The number of hydrogen-bond donors (Lipinski definition) is 0. The zero-order valence-corrected chi connectivity index (χ0v) is 7.53. The Balaban J connectivity index is 2.15. The van der Waals surface area contributed by atoms with E-state index in [1.54, 1.807) is 17.3 Å². The third-order valence-electron chi connectivity index (χ3n) is 2.12. The third kappa shape index (κ3) is 1.52. The van der Waals surface area contributed by atoms with Gasteiger partial charge in [-0.3, -0.25) is 4.79 Å². The minimum atomic E-state index is -0.0498. The van der Waals surface area contributed by atoms with E-state index in [1.807, 2.05) is 6.92 Å². The summed E-state index contributed by atoms with van der Waals surface area (Å²) >= 11 is 0. The van der Waals surface area contributed by atoms with E-state index in [4.69, 9.17) is 0 Å². The van der Waals surface area contributed by atoms with Crippen molar-refractivity contribution in [3.63, 3.8) is 0 Å². The van der Waals surface area contributed by atoms with Crippen LogP contribution in [0.3, 0.4) is 0 Å². The molecular formula is C9H11N3O. The van der Waals surface area contributed by atoms with E-state index in [0.717, 1.165) is 25.1 Å². The first kappa shape index (κ1) is 8.16. The van der Waals surface area contributed by atoms with Crippen molar-refractivity contribution in [1.29, 1.82) is 0 Å². The van der Waals surface area contributed by atoms with Gasteiger partial charge in [-0.1, -0.05) is 0 Å². The van der Waals surface area contributed by atoms with Crippen LogP contribution in [0.2, 0.25) is 0 Å². The molecule has 1 aliphatic rings. The fraction of sp³-hybridized carbons (Fsp3) is 0.444. The lowest BCUT2D eigenvalue weighted by atomic mass is 10.2. The summed E-state index contributed by atoms with van der Waals surface area (Å²) in [7, 11) is 0. The van der Waals surface area contributed by atoms with E-state index in [-0.39, 0.29) is 5.91 Å². The maximum absolute atomic E-state index is 11.5. The average Bonchev–Trinajstić information content (AvgIpc) is 2.02.